The first-order valence-electron chi connectivity index (χ1n) is 5.83. The molecule has 0 radical (unpaired) electrons. The number of rotatable bonds is 5. The summed E-state index contributed by atoms with van der Waals surface area (Å²) in [6.45, 7) is 5.80. The predicted octanol–water partition coefficient (Wildman–Crippen LogP) is 1.26. The lowest BCUT2D eigenvalue weighted by atomic mass is 10.1. The molecular formula is C11H23N3O. The number of carbonyl (C=O) groups excluding carboxylic acids is 1. The summed E-state index contributed by atoms with van der Waals surface area (Å²) in [6.07, 6.45) is 3.11. The van der Waals surface area contributed by atoms with E-state index in [2.05, 4.69) is 6.92 Å². The highest BCUT2D eigenvalue weighted by molar-refractivity contribution is 5.76. The number of amides is 2. The van der Waals surface area contributed by atoms with Gasteiger partial charge in [-0.2, -0.15) is 0 Å². The van der Waals surface area contributed by atoms with Gasteiger partial charge in [0.05, 0.1) is 6.04 Å². The van der Waals surface area contributed by atoms with Crippen molar-refractivity contribution in [2.45, 2.75) is 45.2 Å². The molecule has 88 valence electrons. The molecule has 1 rings (SSSR count). The highest BCUT2D eigenvalue weighted by atomic mass is 16.2. The lowest BCUT2D eigenvalue weighted by Gasteiger charge is -2.17. The summed E-state index contributed by atoms with van der Waals surface area (Å²) >= 11 is 0. The third-order valence-corrected chi connectivity index (χ3v) is 3.03. The van der Waals surface area contributed by atoms with Crippen LogP contribution in [0, 0.1) is 0 Å². The molecule has 1 heterocycles. The maximum atomic E-state index is 11.8. The number of carbonyl (C=O) groups is 1. The van der Waals surface area contributed by atoms with Crippen molar-refractivity contribution in [2.75, 3.05) is 20.1 Å². The Morgan fingerprint density at radius 2 is 2.27 bits per heavy atom. The second-order valence-electron chi connectivity index (χ2n) is 4.55. The van der Waals surface area contributed by atoms with Crippen molar-refractivity contribution < 1.29 is 4.79 Å². The van der Waals surface area contributed by atoms with Gasteiger partial charge >= 0.3 is 6.03 Å². The molecule has 0 bridgehead atoms. The van der Waals surface area contributed by atoms with E-state index in [1.54, 1.807) is 0 Å². The summed E-state index contributed by atoms with van der Waals surface area (Å²) in [6, 6.07) is 0.734. The fraction of sp³-hybridized carbons (Fsp3) is 0.909. The van der Waals surface area contributed by atoms with Crippen molar-refractivity contribution in [3.05, 3.63) is 0 Å². The SMILES string of the molecule is CCCC1CN(CCC(C)N)C(=O)N1C. The van der Waals surface area contributed by atoms with Gasteiger partial charge in [0, 0.05) is 26.2 Å². The van der Waals surface area contributed by atoms with Crippen molar-refractivity contribution in [1.29, 1.82) is 0 Å². The van der Waals surface area contributed by atoms with E-state index >= 15 is 0 Å². The van der Waals surface area contributed by atoms with Crippen LogP contribution in [0.15, 0.2) is 0 Å². The predicted molar refractivity (Wildman–Crippen MR) is 61.7 cm³/mol. The summed E-state index contributed by atoms with van der Waals surface area (Å²) in [5, 5.41) is 0. The summed E-state index contributed by atoms with van der Waals surface area (Å²) in [4.78, 5) is 15.6. The molecule has 2 unspecified atom stereocenters. The molecule has 1 fully saturated rings. The van der Waals surface area contributed by atoms with E-state index in [0.29, 0.717) is 6.04 Å². The van der Waals surface area contributed by atoms with Crippen molar-refractivity contribution in [2.24, 2.45) is 5.73 Å². The number of hydrogen-bond acceptors (Lipinski definition) is 2. The second-order valence-corrected chi connectivity index (χ2v) is 4.55. The summed E-state index contributed by atoms with van der Waals surface area (Å²) in [5.74, 6) is 0. The Kier molecular flexibility index (Phi) is 4.39. The Hall–Kier alpha value is -0.770. The van der Waals surface area contributed by atoms with Gasteiger partial charge in [0.1, 0.15) is 0 Å². The molecule has 1 aliphatic heterocycles. The van der Waals surface area contributed by atoms with Gasteiger partial charge in [-0.15, -0.1) is 0 Å². The molecule has 4 nitrogen and oxygen atoms in total. The number of nitrogens with two attached hydrogens (primary N) is 1. The normalized spacial score (nSPS) is 23.7. The number of likely N-dealkylation sites (N-methyl/N-ethyl adjacent to an activating group) is 1. The van der Waals surface area contributed by atoms with E-state index in [-0.39, 0.29) is 12.1 Å². The van der Waals surface area contributed by atoms with Crippen LogP contribution in [0.25, 0.3) is 0 Å². The van der Waals surface area contributed by atoms with E-state index < -0.39 is 0 Å². The van der Waals surface area contributed by atoms with Crippen LogP contribution in [0.4, 0.5) is 4.79 Å². The summed E-state index contributed by atoms with van der Waals surface area (Å²) in [5.41, 5.74) is 5.69. The van der Waals surface area contributed by atoms with Crippen LogP contribution in [-0.4, -0.2) is 48.1 Å². The van der Waals surface area contributed by atoms with Crippen LogP contribution in [0.3, 0.4) is 0 Å². The number of urea groups is 1. The number of nitrogens with zero attached hydrogens (tertiary/aromatic N) is 2. The van der Waals surface area contributed by atoms with Gasteiger partial charge in [0.15, 0.2) is 0 Å². The molecule has 2 N–H and O–H groups in total. The summed E-state index contributed by atoms with van der Waals surface area (Å²) < 4.78 is 0. The molecule has 1 aliphatic rings. The van der Waals surface area contributed by atoms with Crippen LogP contribution in [0.2, 0.25) is 0 Å². The fourth-order valence-electron chi connectivity index (χ4n) is 2.00. The zero-order chi connectivity index (χ0) is 11.4. The monoisotopic (exact) mass is 213 g/mol. The first-order chi connectivity index (χ1) is 7.06. The summed E-state index contributed by atoms with van der Waals surface area (Å²) in [7, 11) is 1.90. The van der Waals surface area contributed by atoms with Crippen LogP contribution in [0.1, 0.15) is 33.1 Å². The van der Waals surface area contributed by atoms with Crippen molar-refractivity contribution >= 4 is 6.03 Å². The second kappa shape index (κ2) is 5.35. The average Bonchev–Trinajstić information content (AvgIpc) is 2.44. The van der Waals surface area contributed by atoms with Crippen LogP contribution >= 0.6 is 0 Å². The Balaban J connectivity index is 2.44. The maximum Gasteiger partial charge on any atom is 0.320 e. The van der Waals surface area contributed by atoms with E-state index in [9.17, 15) is 4.79 Å². The minimum absolute atomic E-state index is 0.161. The van der Waals surface area contributed by atoms with Crippen LogP contribution < -0.4 is 5.73 Å². The first-order valence-corrected chi connectivity index (χ1v) is 5.83. The minimum atomic E-state index is 0.161. The Morgan fingerprint density at radius 3 is 2.80 bits per heavy atom. The maximum absolute atomic E-state index is 11.8. The molecule has 4 heteroatoms. The van der Waals surface area contributed by atoms with Gasteiger partial charge in [0.25, 0.3) is 0 Å². The molecule has 15 heavy (non-hydrogen) atoms. The highest BCUT2D eigenvalue weighted by Gasteiger charge is 2.33. The van der Waals surface area contributed by atoms with Crippen LogP contribution in [-0.2, 0) is 0 Å². The first kappa shape index (κ1) is 12.3. The zero-order valence-electron chi connectivity index (χ0n) is 10.1. The van der Waals surface area contributed by atoms with Crippen LogP contribution in [0.5, 0.6) is 0 Å². The van der Waals surface area contributed by atoms with Crippen molar-refractivity contribution in [3.8, 4) is 0 Å². The fourth-order valence-corrected chi connectivity index (χ4v) is 2.00. The van der Waals surface area contributed by atoms with E-state index in [1.165, 1.54) is 0 Å². The highest BCUT2D eigenvalue weighted by Crippen LogP contribution is 2.18. The molecule has 0 aromatic carbocycles. The molecule has 0 aromatic heterocycles. The zero-order valence-corrected chi connectivity index (χ0v) is 10.1. The minimum Gasteiger partial charge on any atom is -0.328 e. The van der Waals surface area contributed by atoms with Gasteiger partial charge in [0.2, 0.25) is 0 Å². The Bertz CT molecular complexity index is 218. The third-order valence-electron chi connectivity index (χ3n) is 3.03. The molecule has 2 amide bonds. The molecule has 0 spiro atoms. The van der Waals surface area contributed by atoms with E-state index in [1.807, 2.05) is 23.8 Å². The molecule has 0 aromatic rings. The van der Waals surface area contributed by atoms with Crippen molar-refractivity contribution in [1.82, 2.24) is 9.80 Å². The lowest BCUT2D eigenvalue weighted by Crippen LogP contribution is -2.33. The van der Waals surface area contributed by atoms with E-state index in [0.717, 1.165) is 32.4 Å². The lowest BCUT2D eigenvalue weighted by molar-refractivity contribution is 0.194. The standard InChI is InChI=1S/C11H23N3O/c1-4-5-10-8-14(7-6-9(2)12)11(15)13(10)3/h9-10H,4-8,12H2,1-3H3. The quantitative estimate of drug-likeness (QED) is 0.747. The van der Waals surface area contributed by atoms with Gasteiger partial charge in [-0.25, -0.2) is 4.79 Å². The number of hydrogen-bond donors (Lipinski definition) is 1. The van der Waals surface area contributed by atoms with Crippen molar-refractivity contribution in [3.63, 3.8) is 0 Å². The topological polar surface area (TPSA) is 49.6 Å². The molecular weight excluding hydrogens is 190 g/mol. The van der Waals surface area contributed by atoms with Gasteiger partial charge in [-0.3, -0.25) is 0 Å². The molecule has 1 saturated heterocycles. The smallest absolute Gasteiger partial charge is 0.320 e. The third kappa shape index (κ3) is 3.09. The largest absolute Gasteiger partial charge is 0.328 e. The molecule has 2 atom stereocenters. The van der Waals surface area contributed by atoms with Gasteiger partial charge < -0.3 is 15.5 Å². The molecule has 0 aliphatic carbocycles. The molecule has 0 saturated carbocycles. The Morgan fingerprint density at radius 1 is 1.60 bits per heavy atom. The average molecular weight is 213 g/mol. The van der Waals surface area contributed by atoms with Gasteiger partial charge in [-0.1, -0.05) is 13.3 Å². The van der Waals surface area contributed by atoms with Gasteiger partial charge in [-0.05, 0) is 19.8 Å². The van der Waals surface area contributed by atoms with E-state index in [4.69, 9.17) is 5.73 Å². The Labute approximate surface area is 92.4 Å².